The Labute approximate surface area is 143 Å². The maximum absolute atomic E-state index is 4.86. The lowest BCUT2D eigenvalue weighted by Crippen LogP contribution is -2.42. The summed E-state index contributed by atoms with van der Waals surface area (Å²) in [6, 6.07) is 1.43. The van der Waals surface area contributed by atoms with Crippen molar-refractivity contribution in [3.8, 4) is 0 Å². The average molecular weight is 323 g/mol. The first-order valence-corrected chi connectivity index (χ1v) is 10.0. The normalized spacial score (nSPS) is 24.0. The second-order valence-corrected chi connectivity index (χ2v) is 7.50. The van der Waals surface area contributed by atoms with Crippen molar-refractivity contribution in [1.29, 1.82) is 0 Å². The Balaban J connectivity index is 1.68. The summed E-state index contributed by atoms with van der Waals surface area (Å²) in [4.78, 5) is 7.54. The van der Waals surface area contributed by atoms with E-state index in [1.54, 1.807) is 0 Å². The molecule has 0 radical (unpaired) electrons. The Morgan fingerprint density at radius 1 is 1.17 bits per heavy atom. The standard InChI is InChI=1S/C19H38N4/c1-4-6-7-8-9-16(3)22-19(20-5-2)21-14-17-12-13-23(15-17)18-10-11-18/h16-18H,4-15H2,1-3H3,(H2,20,21,22). The Hall–Kier alpha value is -0.770. The van der Waals surface area contributed by atoms with Crippen LogP contribution in [0.3, 0.4) is 0 Å². The van der Waals surface area contributed by atoms with E-state index in [1.165, 1.54) is 64.5 Å². The van der Waals surface area contributed by atoms with E-state index in [0.29, 0.717) is 6.04 Å². The molecule has 2 atom stereocenters. The fraction of sp³-hybridized carbons (Fsp3) is 0.947. The molecular weight excluding hydrogens is 284 g/mol. The molecule has 2 fully saturated rings. The Bertz CT molecular complexity index is 351. The summed E-state index contributed by atoms with van der Waals surface area (Å²) in [6.07, 6.45) is 10.8. The number of guanidine groups is 1. The summed E-state index contributed by atoms with van der Waals surface area (Å²) in [6.45, 7) is 11.2. The van der Waals surface area contributed by atoms with Crippen LogP contribution in [0, 0.1) is 5.92 Å². The highest BCUT2D eigenvalue weighted by molar-refractivity contribution is 5.80. The minimum absolute atomic E-state index is 0.510. The summed E-state index contributed by atoms with van der Waals surface area (Å²) in [5.41, 5.74) is 0. The number of hydrogen-bond donors (Lipinski definition) is 2. The second kappa shape index (κ2) is 10.2. The Kier molecular flexibility index (Phi) is 8.21. The van der Waals surface area contributed by atoms with Crippen molar-refractivity contribution < 1.29 is 0 Å². The van der Waals surface area contributed by atoms with Crippen LogP contribution in [-0.4, -0.2) is 49.1 Å². The molecule has 0 bridgehead atoms. The van der Waals surface area contributed by atoms with Crippen LogP contribution in [0.15, 0.2) is 4.99 Å². The molecule has 4 heteroatoms. The highest BCUT2D eigenvalue weighted by atomic mass is 15.2. The minimum Gasteiger partial charge on any atom is -0.357 e. The van der Waals surface area contributed by atoms with Gasteiger partial charge < -0.3 is 15.5 Å². The molecule has 23 heavy (non-hydrogen) atoms. The van der Waals surface area contributed by atoms with E-state index in [9.17, 15) is 0 Å². The van der Waals surface area contributed by atoms with Crippen LogP contribution in [0.5, 0.6) is 0 Å². The van der Waals surface area contributed by atoms with E-state index in [-0.39, 0.29) is 0 Å². The van der Waals surface area contributed by atoms with Gasteiger partial charge in [0.1, 0.15) is 0 Å². The van der Waals surface area contributed by atoms with Crippen LogP contribution < -0.4 is 10.6 Å². The van der Waals surface area contributed by atoms with E-state index < -0.39 is 0 Å². The number of unbranched alkanes of at least 4 members (excludes halogenated alkanes) is 3. The molecule has 2 rings (SSSR count). The third-order valence-electron chi connectivity index (χ3n) is 5.11. The summed E-state index contributed by atoms with van der Waals surface area (Å²) >= 11 is 0. The van der Waals surface area contributed by atoms with Gasteiger partial charge in [0, 0.05) is 31.7 Å². The fourth-order valence-electron chi connectivity index (χ4n) is 3.51. The zero-order chi connectivity index (χ0) is 16.5. The monoisotopic (exact) mass is 322 g/mol. The van der Waals surface area contributed by atoms with Crippen molar-refractivity contribution >= 4 is 5.96 Å². The number of nitrogens with zero attached hydrogens (tertiary/aromatic N) is 2. The van der Waals surface area contributed by atoms with Gasteiger partial charge in [0.25, 0.3) is 0 Å². The quantitative estimate of drug-likeness (QED) is 0.368. The highest BCUT2D eigenvalue weighted by Gasteiger charge is 2.34. The molecule has 134 valence electrons. The minimum atomic E-state index is 0.510. The Morgan fingerprint density at radius 3 is 2.70 bits per heavy atom. The van der Waals surface area contributed by atoms with Gasteiger partial charge in [0.05, 0.1) is 0 Å². The van der Waals surface area contributed by atoms with Gasteiger partial charge in [-0.2, -0.15) is 0 Å². The van der Waals surface area contributed by atoms with Crippen LogP contribution in [0.4, 0.5) is 0 Å². The molecule has 1 heterocycles. The lowest BCUT2D eigenvalue weighted by molar-refractivity contribution is 0.315. The zero-order valence-electron chi connectivity index (χ0n) is 15.6. The molecule has 2 aliphatic rings. The third kappa shape index (κ3) is 7.11. The number of aliphatic imine (C=N–C) groups is 1. The molecule has 2 N–H and O–H groups in total. The molecule has 1 saturated carbocycles. The van der Waals surface area contributed by atoms with Crippen LogP contribution in [0.2, 0.25) is 0 Å². The zero-order valence-corrected chi connectivity index (χ0v) is 15.6. The maximum Gasteiger partial charge on any atom is 0.191 e. The van der Waals surface area contributed by atoms with Crippen LogP contribution in [0.1, 0.15) is 72.1 Å². The maximum atomic E-state index is 4.86. The van der Waals surface area contributed by atoms with Crippen LogP contribution in [-0.2, 0) is 0 Å². The first-order valence-electron chi connectivity index (χ1n) is 10.0. The summed E-state index contributed by atoms with van der Waals surface area (Å²) < 4.78 is 0. The topological polar surface area (TPSA) is 39.7 Å². The second-order valence-electron chi connectivity index (χ2n) is 7.50. The van der Waals surface area contributed by atoms with E-state index in [0.717, 1.165) is 31.0 Å². The van der Waals surface area contributed by atoms with Crippen molar-refractivity contribution in [2.45, 2.75) is 84.2 Å². The van der Waals surface area contributed by atoms with Crippen molar-refractivity contribution in [2.75, 3.05) is 26.2 Å². The lowest BCUT2D eigenvalue weighted by Gasteiger charge is -2.18. The molecule has 0 spiro atoms. The summed E-state index contributed by atoms with van der Waals surface area (Å²) in [5, 5.41) is 7.00. The largest absolute Gasteiger partial charge is 0.357 e. The fourth-order valence-corrected chi connectivity index (χ4v) is 3.51. The molecule has 0 amide bonds. The van der Waals surface area contributed by atoms with Gasteiger partial charge in [0.15, 0.2) is 5.96 Å². The molecule has 2 unspecified atom stereocenters. The molecule has 4 nitrogen and oxygen atoms in total. The van der Waals surface area contributed by atoms with Gasteiger partial charge in [-0.1, -0.05) is 32.6 Å². The van der Waals surface area contributed by atoms with Crippen molar-refractivity contribution in [2.24, 2.45) is 10.9 Å². The van der Waals surface area contributed by atoms with E-state index in [1.807, 2.05) is 0 Å². The molecule has 1 aliphatic heterocycles. The number of nitrogens with one attached hydrogen (secondary N) is 2. The van der Waals surface area contributed by atoms with Crippen LogP contribution in [0.25, 0.3) is 0 Å². The predicted octanol–water partition coefficient (Wildman–Crippen LogP) is 3.38. The van der Waals surface area contributed by atoms with Gasteiger partial charge in [-0.15, -0.1) is 0 Å². The molecule has 0 aromatic carbocycles. The van der Waals surface area contributed by atoms with Gasteiger partial charge >= 0.3 is 0 Å². The van der Waals surface area contributed by atoms with Crippen LogP contribution >= 0.6 is 0 Å². The van der Waals surface area contributed by atoms with E-state index >= 15 is 0 Å². The van der Waals surface area contributed by atoms with Gasteiger partial charge in [-0.25, -0.2) is 0 Å². The number of likely N-dealkylation sites (tertiary alicyclic amines) is 1. The average Bonchev–Trinajstić information content (AvgIpc) is 3.28. The molecule has 0 aromatic rings. The van der Waals surface area contributed by atoms with Gasteiger partial charge in [0.2, 0.25) is 0 Å². The SMILES string of the molecule is CCCCCCC(C)NC(=NCC1CCN(C2CC2)C1)NCC. The van der Waals surface area contributed by atoms with Gasteiger partial charge in [-0.3, -0.25) is 4.99 Å². The van der Waals surface area contributed by atoms with Gasteiger partial charge in [-0.05, 0) is 52.0 Å². The number of rotatable bonds is 10. The first kappa shape index (κ1) is 18.6. The Morgan fingerprint density at radius 2 is 2.00 bits per heavy atom. The van der Waals surface area contributed by atoms with Crippen molar-refractivity contribution in [3.05, 3.63) is 0 Å². The summed E-state index contributed by atoms with van der Waals surface area (Å²) in [7, 11) is 0. The highest BCUT2D eigenvalue weighted by Crippen LogP contribution is 2.31. The smallest absolute Gasteiger partial charge is 0.191 e. The van der Waals surface area contributed by atoms with E-state index in [4.69, 9.17) is 4.99 Å². The van der Waals surface area contributed by atoms with Crippen molar-refractivity contribution in [3.63, 3.8) is 0 Å². The molecular formula is C19H38N4. The first-order chi connectivity index (χ1) is 11.2. The third-order valence-corrected chi connectivity index (χ3v) is 5.11. The molecule has 0 aromatic heterocycles. The van der Waals surface area contributed by atoms with Crippen molar-refractivity contribution in [1.82, 2.24) is 15.5 Å². The summed E-state index contributed by atoms with van der Waals surface area (Å²) in [5.74, 6) is 1.77. The molecule has 1 saturated heterocycles. The molecule has 1 aliphatic carbocycles. The predicted molar refractivity (Wildman–Crippen MR) is 100 cm³/mol. The number of hydrogen-bond acceptors (Lipinski definition) is 2. The lowest BCUT2D eigenvalue weighted by atomic mass is 10.1. The van der Waals surface area contributed by atoms with E-state index in [2.05, 4.69) is 36.3 Å².